The molecule has 1 nitrogen and oxygen atoms in total. The molecule has 0 atom stereocenters. The summed E-state index contributed by atoms with van der Waals surface area (Å²) in [4.78, 5) is 0. The van der Waals surface area contributed by atoms with Crippen molar-refractivity contribution in [2.24, 2.45) is 0 Å². The van der Waals surface area contributed by atoms with Crippen LogP contribution < -0.4 is 0 Å². The van der Waals surface area contributed by atoms with Crippen LogP contribution in [0, 0.1) is 17.5 Å². The first-order valence-corrected chi connectivity index (χ1v) is 4.16. The van der Waals surface area contributed by atoms with E-state index in [1.165, 1.54) is 13.8 Å². The van der Waals surface area contributed by atoms with Crippen molar-refractivity contribution in [2.45, 2.75) is 25.9 Å². The summed E-state index contributed by atoms with van der Waals surface area (Å²) in [6, 6.07) is 1.98. The summed E-state index contributed by atoms with van der Waals surface area (Å²) in [5.41, 5.74) is -1.18. The molecule has 0 saturated carbocycles. The number of rotatable bonds is 2. The Kier molecular flexibility index (Phi) is 2.85. The fourth-order valence-corrected chi connectivity index (χ4v) is 1.17. The van der Waals surface area contributed by atoms with Crippen molar-refractivity contribution in [1.29, 1.82) is 0 Å². The highest BCUT2D eigenvalue weighted by Gasteiger charge is 2.19. The van der Waals surface area contributed by atoms with Crippen molar-refractivity contribution in [1.82, 2.24) is 0 Å². The molecule has 0 fully saturated rings. The molecular formula is C10H11F3O. The molecule has 0 radical (unpaired) electrons. The molecule has 1 aromatic carbocycles. The summed E-state index contributed by atoms with van der Waals surface area (Å²) in [7, 11) is 0. The molecular weight excluding hydrogens is 193 g/mol. The van der Waals surface area contributed by atoms with Gasteiger partial charge in [-0.1, -0.05) is 6.07 Å². The zero-order valence-electron chi connectivity index (χ0n) is 7.94. The summed E-state index contributed by atoms with van der Waals surface area (Å²) in [5, 5.41) is 9.37. The maximum Gasteiger partial charge on any atom is 0.194 e. The van der Waals surface area contributed by atoms with Crippen LogP contribution in [0.25, 0.3) is 0 Å². The second kappa shape index (κ2) is 3.61. The van der Waals surface area contributed by atoms with Crippen LogP contribution in [0.5, 0.6) is 0 Å². The molecule has 0 spiro atoms. The Bertz CT molecular complexity index is 342. The largest absolute Gasteiger partial charge is 0.390 e. The van der Waals surface area contributed by atoms with Gasteiger partial charge >= 0.3 is 0 Å². The Morgan fingerprint density at radius 2 is 1.71 bits per heavy atom. The third-order valence-electron chi connectivity index (χ3n) is 1.74. The molecule has 0 aliphatic rings. The van der Waals surface area contributed by atoms with E-state index in [4.69, 9.17) is 0 Å². The molecule has 4 heteroatoms. The molecule has 0 unspecified atom stereocenters. The zero-order valence-corrected chi connectivity index (χ0v) is 7.94. The highest BCUT2D eigenvalue weighted by molar-refractivity contribution is 5.21. The third-order valence-corrected chi connectivity index (χ3v) is 1.74. The maximum absolute atomic E-state index is 13.1. The number of hydrogen-bond acceptors (Lipinski definition) is 1. The molecule has 1 rings (SSSR count). The molecule has 0 bridgehead atoms. The predicted octanol–water partition coefficient (Wildman–Crippen LogP) is 2.42. The lowest BCUT2D eigenvalue weighted by atomic mass is 9.98. The van der Waals surface area contributed by atoms with Crippen molar-refractivity contribution >= 4 is 0 Å². The van der Waals surface area contributed by atoms with Gasteiger partial charge < -0.3 is 5.11 Å². The van der Waals surface area contributed by atoms with Crippen LogP contribution in [0.2, 0.25) is 0 Å². The zero-order chi connectivity index (χ0) is 10.9. The Hall–Kier alpha value is -1.03. The predicted molar refractivity (Wildman–Crippen MR) is 46.3 cm³/mol. The summed E-state index contributed by atoms with van der Waals surface area (Å²) < 4.78 is 38.3. The van der Waals surface area contributed by atoms with Crippen molar-refractivity contribution in [2.75, 3.05) is 0 Å². The van der Waals surface area contributed by atoms with Gasteiger partial charge in [0.2, 0.25) is 0 Å². The molecule has 0 amide bonds. The van der Waals surface area contributed by atoms with Crippen LogP contribution in [-0.4, -0.2) is 10.7 Å². The Balaban J connectivity index is 3.06. The lowest BCUT2D eigenvalue weighted by molar-refractivity contribution is 0.0797. The Labute approximate surface area is 80.2 Å². The third kappa shape index (κ3) is 2.48. The molecule has 0 heterocycles. The van der Waals surface area contributed by atoms with Crippen LogP contribution in [0.4, 0.5) is 13.2 Å². The van der Waals surface area contributed by atoms with Crippen molar-refractivity contribution in [3.05, 3.63) is 35.1 Å². The van der Waals surface area contributed by atoms with Gasteiger partial charge in [-0.05, 0) is 25.5 Å². The molecule has 0 saturated heterocycles. The maximum atomic E-state index is 13.1. The summed E-state index contributed by atoms with van der Waals surface area (Å²) in [6.45, 7) is 2.93. The average molecular weight is 204 g/mol. The first kappa shape index (κ1) is 11.0. The van der Waals surface area contributed by atoms with E-state index < -0.39 is 23.1 Å². The van der Waals surface area contributed by atoms with E-state index in [9.17, 15) is 18.3 Å². The van der Waals surface area contributed by atoms with E-state index in [1.807, 2.05) is 0 Å². The second-order valence-electron chi connectivity index (χ2n) is 3.82. The number of aliphatic hydroxyl groups is 1. The van der Waals surface area contributed by atoms with Gasteiger partial charge in [0.15, 0.2) is 17.5 Å². The number of halogens is 3. The lowest BCUT2D eigenvalue weighted by Gasteiger charge is -2.17. The van der Waals surface area contributed by atoms with Gasteiger partial charge in [-0.25, -0.2) is 13.2 Å². The van der Waals surface area contributed by atoms with Gasteiger partial charge in [-0.15, -0.1) is 0 Å². The molecule has 14 heavy (non-hydrogen) atoms. The van der Waals surface area contributed by atoms with E-state index in [0.29, 0.717) is 0 Å². The van der Waals surface area contributed by atoms with Gasteiger partial charge in [-0.2, -0.15) is 0 Å². The van der Waals surface area contributed by atoms with Crippen LogP contribution in [0.3, 0.4) is 0 Å². The highest BCUT2D eigenvalue weighted by atomic mass is 19.2. The fraction of sp³-hybridized carbons (Fsp3) is 0.400. The minimum Gasteiger partial charge on any atom is -0.390 e. The first-order valence-electron chi connectivity index (χ1n) is 4.16. The van der Waals surface area contributed by atoms with Gasteiger partial charge in [0.25, 0.3) is 0 Å². The van der Waals surface area contributed by atoms with Crippen molar-refractivity contribution in [3.8, 4) is 0 Å². The van der Waals surface area contributed by atoms with Crippen molar-refractivity contribution in [3.63, 3.8) is 0 Å². The van der Waals surface area contributed by atoms with Gasteiger partial charge in [0.1, 0.15) is 0 Å². The van der Waals surface area contributed by atoms with Crippen molar-refractivity contribution < 1.29 is 18.3 Å². The molecule has 0 aliphatic carbocycles. The van der Waals surface area contributed by atoms with Crippen LogP contribution >= 0.6 is 0 Å². The number of benzene rings is 1. The van der Waals surface area contributed by atoms with Gasteiger partial charge in [0, 0.05) is 6.42 Å². The second-order valence-corrected chi connectivity index (χ2v) is 3.82. The van der Waals surface area contributed by atoms with E-state index >= 15 is 0 Å². The first-order chi connectivity index (χ1) is 6.31. The van der Waals surface area contributed by atoms with Crippen LogP contribution in [0.1, 0.15) is 19.4 Å². The molecule has 1 N–H and O–H groups in total. The summed E-state index contributed by atoms with van der Waals surface area (Å²) >= 11 is 0. The topological polar surface area (TPSA) is 20.2 Å². The Morgan fingerprint density at radius 1 is 1.14 bits per heavy atom. The number of hydrogen-bond donors (Lipinski definition) is 1. The highest BCUT2D eigenvalue weighted by Crippen LogP contribution is 2.19. The Morgan fingerprint density at radius 3 is 2.21 bits per heavy atom. The van der Waals surface area contributed by atoms with Gasteiger partial charge in [0.05, 0.1) is 5.60 Å². The summed E-state index contributed by atoms with van der Waals surface area (Å²) in [6.07, 6.45) is -0.0595. The monoisotopic (exact) mass is 204 g/mol. The average Bonchev–Trinajstić information content (AvgIpc) is 2.04. The smallest absolute Gasteiger partial charge is 0.194 e. The van der Waals surface area contributed by atoms with Gasteiger partial charge in [-0.3, -0.25) is 0 Å². The minimum atomic E-state index is -1.49. The lowest BCUT2D eigenvalue weighted by Crippen LogP contribution is -2.22. The molecule has 78 valence electrons. The van der Waals surface area contributed by atoms with E-state index in [0.717, 1.165) is 12.1 Å². The molecule has 0 aliphatic heterocycles. The van der Waals surface area contributed by atoms with Crippen LogP contribution in [0.15, 0.2) is 12.1 Å². The quantitative estimate of drug-likeness (QED) is 0.733. The van der Waals surface area contributed by atoms with E-state index in [2.05, 4.69) is 0 Å². The minimum absolute atomic E-state index is 0.0311. The fourth-order valence-electron chi connectivity index (χ4n) is 1.17. The standard InChI is InChI=1S/C10H11F3O/c1-10(2,14)5-6-3-4-7(11)9(13)8(6)12/h3-4,14H,5H2,1-2H3. The summed E-state index contributed by atoms with van der Waals surface area (Å²) in [5.74, 6) is -3.94. The SMILES string of the molecule is CC(C)(O)Cc1ccc(F)c(F)c1F. The normalized spacial score (nSPS) is 11.9. The van der Waals surface area contributed by atoms with E-state index in [-0.39, 0.29) is 12.0 Å². The van der Waals surface area contributed by atoms with E-state index in [1.54, 1.807) is 0 Å². The molecule has 0 aromatic heterocycles. The molecule has 1 aromatic rings. The van der Waals surface area contributed by atoms with Crippen LogP contribution in [-0.2, 0) is 6.42 Å².